The monoisotopic (exact) mass is 1540 g/mol. The number of phosphoric ester groups is 2. The molecule has 0 aromatic rings. The van der Waals surface area contributed by atoms with Crippen LogP contribution in [0.2, 0.25) is 0 Å². The van der Waals surface area contributed by atoms with E-state index in [1.54, 1.807) is 12.2 Å². The molecule has 0 aromatic heterocycles. The van der Waals surface area contributed by atoms with Crippen LogP contribution in [0.3, 0.4) is 0 Å². The van der Waals surface area contributed by atoms with Crippen molar-refractivity contribution in [3.05, 3.63) is 194 Å². The minimum absolute atomic E-state index is 0.0533. The van der Waals surface area contributed by atoms with Crippen LogP contribution >= 0.6 is 15.6 Å². The third kappa shape index (κ3) is 78.0. The highest BCUT2D eigenvalue weighted by molar-refractivity contribution is 7.47. The fourth-order valence-corrected chi connectivity index (χ4v) is 11.6. The Labute approximate surface area is 653 Å². The molecule has 0 heterocycles. The van der Waals surface area contributed by atoms with Crippen molar-refractivity contribution >= 4 is 39.5 Å². The van der Waals surface area contributed by atoms with Crippen LogP contribution in [0.5, 0.6) is 0 Å². The summed E-state index contributed by atoms with van der Waals surface area (Å²) in [5.74, 6) is -2.41. The number of phosphoric acid groups is 2. The topological polar surface area (TPSA) is 237 Å². The molecule has 0 aromatic carbocycles. The van der Waals surface area contributed by atoms with E-state index >= 15 is 0 Å². The summed E-state index contributed by atoms with van der Waals surface area (Å²) >= 11 is 0. The highest BCUT2D eigenvalue weighted by Crippen LogP contribution is 2.45. The molecule has 0 saturated heterocycles. The summed E-state index contributed by atoms with van der Waals surface area (Å²) in [6.07, 6.45) is 97.2. The van der Waals surface area contributed by atoms with Gasteiger partial charge in [-0.1, -0.05) is 286 Å². The average molecular weight is 1550 g/mol. The van der Waals surface area contributed by atoms with E-state index in [4.69, 9.17) is 37.0 Å². The van der Waals surface area contributed by atoms with Gasteiger partial charge in [0.1, 0.15) is 19.3 Å². The largest absolute Gasteiger partial charge is 0.472 e. The Bertz CT molecular complexity index is 2810. The average Bonchev–Trinajstić information content (AvgIpc) is 0.907. The van der Waals surface area contributed by atoms with Crippen molar-refractivity contribution < 1.29 is 80.2 Å². The number of ether oxygens (including phenoxy) is 4. The van der Waals surface area contributed by atoms with Crippen molar-refractivity contribution in [2.45, 2.75) is 303 Å². The van der Waals surface area contributed by atoms with Crippen LogP contribution in [-0.4, -0.2) is 96.7 Å². The Morgan fingerprint density at radius 3 is 0.824 bits per heavy atom. The summed E-state index contributed by atoms with van der Waals surface area (Å²) in [7, 11) is -10.0. The van der Waals surface area contributed by atoms with Gasteiger partial charge < -0.3 is 33.8 Å². The number of hydrogen-bond donors (Lipinski definition) is 3. The summed E-state index contributed by atoms with van der Waals surface area (Å²) in [5, 5.41) is 10.7. The zero-order valence-electron chi connectivity index (χ0n) is 66.7. The molecule has 0 fully saturated rings. The molecule has 17 nitrogen and oxygen atoms in total. The van der Waals surface area contributed by atoms with Gasteiger partial charge in [0.05, 0.1) is 32.8 Å². The molecule has 0 rings (SSSR count). The maximum Gasteiger partial charge on any atom is 0.472 e. The van der Waals surface area contributed by atoms with Gasteiger partial charge >= 0.3 is 39.5 Å². The van der Waals surface area contributed by atoms with Crippen molar-refractivity contribution in [3.8, 4) is 0 Å². The van der Waals surface area contributed by atoms with Crippen LogP contribution in [0.1, 0.15) is 285 Å². The van der Waals surface area contributed by atoms with Crippen molar-refractivity contribution in [1.29, 1.82) is 0 Å². The fourth-order valence-electron chi connectivity index (χ4n) is 9.99. The second-order valence-electron chi connectivity index (χ2n) is 26.2. The normalized spacial score (nSPS) is 14.8. The van der Waals surface area contributed by atoms with Crippen LogP contribution in [0.15, 0.2) is 194 Å². The van der Waals surface area contributed by atoms with Crippen molar-refractivity contribution in [1.82, 2.24) is 0 Å². The number of unbranched alkanes of at least 4 members (excludes halogenated alkanes) is 17. The van der Waals surface area contributed by atoms with Gasteiger partial charge in [0.25, 0.3) is 0 Å². The van der Waals surface area contributed by atoms with Gasteiger partial charge in [-0.15, -0.1) is 0 Å². The third-order valence-corrected chi connectivity index (χ3v) is 18.0. The lowest BCUT2D eigenvalue weighted by Gasteiger charge is -2.21. The van der Waals surface area contributed by atoms with Gasteiger partial charge in [0.2, 0.25) is 0 Å². The van der Waals surface area contributed by atoms with Crippen LogP contribution in [0.25, 0.3) is 0 Å². The number of aliphatic hydroxyl groups excluding tert-OH is 1. The van der Waals surface area contributed by atoms with E-state index in [1.165, 1.54) is 19.3 Å². The minimum atomic E-state index is -5.02. The molecule has 5 atom stereocenters. The Kier molecular flexibility index (Phi) is 74.5. The molecule has 0 bridgehead atoms. The first-order valence-electron chi connectivity index (χ1n) is 40.7. The Hall–Kier alpha value is -6.10. The lowest BCUT2D eigenvalue weighted by molar-refractivity contribution is -0.161. The number of aliphatic hydroxyl groups is 1. The number of carbonyl (C=O) groups is 4. The third-order valence-electron chi connectivity index (χ3n) is 16.1. The van der Waals surface area contributed by atoms with Gasteiger partial charge in [-0.05, 0) is 167 Å². The lowest BCUT2D eigenvalue weighted by Crippen LogP contribution is -2.30. The highest BCUT2D eigenvalue weighted by Gasteiger charge is 2.30. The van der Waals surface area contributed by atoms with Gasteiger partial charge in [0.15, 0.2) is 12.2 Å². The number of allylic oxidation sites excluding steroid dienone is 31. The van der Waals surface area contributed by atoms with Gasteiger partial charge in [-0.2, -0.15) is 0 Å². The molecule has 5 unspecified atom stereocenters. The van der Waals surface area contributed by atoms with Crippen molar-refractivity contribution in [3.63, 3.8) is 0 Å². The molecule has 3 N–H and O–H groups in total. The first-order valence-corrected chi connectivity index (χ1v) is 43.7. The molecule has 108 heavy (non-hydrogen) atoms. The van der Waals surface area contributed by atoms with Crippen molar-refractivity contribution in [2.24, 2.45) is 0 Å². The molecule has 0 amide bonds. The number of hydrogen-bond acceptors (Lipinski definition) is 15. The summed E-state index contributed by atoms with van der Waals surface area (Å²) in [6.45, 7) is 4.30. The second-order valence-corrected chi connectivity index (χ2v) is 29.1. The zero-order chi connectivity index (χ0) is 78.9. The van der Waals surface area contributed by atoms with Crippen LogP contribution in [0, 0.1) is 0 Å². The molecule has 0 aliphatic rings. The number of esters is 4. The standard InChI is InChI=1S/C89H142O17P2/c1-5-9-13-17-21-25-29-33-37-40-41-44-47-50-54-58-62-66-70-74-87(92)100-80-85(106-89(94)76-72-68-64-60-56-52-48-43-39-35-31-27-23-19-15-11-7-3)82-104-108(97,98)102-78-83(90)77-101-107(95,96)103-81-84(105-88(93)75-71-67-63-59-55-51-45-36-32-28-24-20-16-12-8-4)79-99-86(91)73-69-65-61-57-53-49-46-42-38-34-30-26-22-18-14-10-6-2/h10-12,14-16,21-28,33-39,41,44-46,48-49,52,55,59,67,71,83-85,90H,5-9,13,17-20,29-32,40,42-43,47,50-51,53-54,56-58,60-66,68-70,72-82H2,1-4H3,(H,95,96)(H,97,98)/b14-10-,15-11-,16-12-,25-21-,26-22-,27-23-,28-24-,37-33-,38-34-,39-35-,44-41-,45-36-,49-46-,52-48-,59-55-,71-67-. The molecule has 0 spiro atoms. The van der Waals surface area contributed by atoms with Crippen LogP contribution < -0.4 is 0 Å². The van der Waals surface area contributed by atoms with E-state index in [-0.39, 0.29) is 25.7 Å². The fraction of sp³-hybridized carbons (Fsp3) is 0.596. The van der Waals surface area contributed by atoms with Gasteiger partial charge in [0, 0.05) is 19.3 Å². The smallest absolute Gasteiger partial charge is 0.462 e. The molecular weight excluding hydrogens is 1400 g/mol. The molecule has 19 heteroatoms. The number of carbonyl (C=O) groups excluding carboxylic acids is 4. The Balaban J connectivity index is 5.51. The summed E-state index contributed by atoms with van der Waals surface area (Å²) in [4.78, 5) is 73.1. The Morgan fingerprint density at radius 1 is 0.278 bits per heavy atom. The Morgan fingerprint density at radius 2 is 0.519 bits per heavy atom. The molecule has 0 radical (unpaired) electrons. The van der Waals surface area contributed by atoms with E-state index in [0.29, 0.717) is 25.7 Å². The molecule has 0 saturated carbocycles. The van der Waals surface area contributed by atoms with E-state index in [1.807, 2.05) is 12.2 Å². The number of rotatable bonds is 74. The predicted molar refractivity (Wildman–Crippen MR) is 445 cm³/mol. The molecule has 0 aliphatic carbocycles. The SMILES string of the molecule is CC/C=C\C/C=C\C/C=C\C/C=C\C/C=C\CC(=O)OC(COC(=O)CCCCCC/C=C\C/C=C\C/C=C\C/C=C\CC)COP(=O)(O)OCC(O)COP(=O)(O)OCC(COC(=O)CCCCCCCC/C=C\C/C=C\C/C=C\CCCCC)OC(=O)CCCCCC/C=C\C/C=C\C/C=C\C/C=C\CC. The van der Waals surface area contributed by atoms with E-state index < -0.39 is 97.5 Å². The maximum absolute atomic E-state index is 13.1. The maximum atomic E-state index is 13.1. The van der Waals surface area contributed by atoms with E-state index in [0.717, 1.165) is 186 Å². The second kappa shape index (κ2) is 79.0. The molecule has 0 aliphatic heterocycles. The summed E-state index contributed by atoms with van der Waals surface area (Å²) in [5.41, 5.74) is 0. The zero-order valence-corrected chi connectivity index (χ0v) is 68.5. The van der Waals surface area contributed by atoms with Gasteiger partial charge in [-0.3, -0.25) is 37.3 Å². The van der Waals surface area contributed by atoms with Crippen molar-refractivity contribution in [2.75, 3.05) is 39.6 Å². The first-order chi connectivity index (χ1) is 52.7. The quantitative estimate of drug-likeness (QED) is 0.0169. The highest BCUT2D eigenvalue weighted by atomic mass is 31.2. The first kappa shape index (κ1) is 102. The summed E-state index contributed by atoms with van der Waals surface area (Å²) < 4.78 is 68.5. The summed E-state index contributed by atoms with van der Waals surface area (Å²) in [6, 6.07) is 0. The van der Waals surface area contributed by atoms with Crippen LogP contribution in [0.4, 0.5) is 0 Å². The van der Waals surface area contributed by atoms with E-state index in [2.05, 4.69) is 198 Å². The van der Waals surface area contributed by atoms with E-state index in [9.17, 15) is 43.2 Å². The van der Waals surface area contributed by atoms with Crippen LogP contribution in [-0.2, 0) is 65.4 Å². The molecule has 610 valence electrons. The predicted octanol–water partition coefficient (Wildman–Crippen LogP) is 24.1. The lowest BCUT2D eigenvalue weighted by atomic mass is 10.1. The van der Waals surface area contributed by atoms with Gasteiger partial charge in [-0.25, -0.2) is 9.13 Å². The molecular formula is C89H142O17P2. The minimum Gasteiger partial charge on any atom is -0.462 e.